The zero-order chi connectivity index (χ0) is 11.0. The topological polar surface area (TPSA) is 72.2 Å². The fourth-order valence-electron chi connectivity index (χ4n) is 1.13. The largest absolute Gasteiger partial charge is 0.346 e. The van der Waals surface area contributed by atoms with Crippen molar-refractivity contribution in [2.45, 2.75) is 32.2 Å². The van der Waals surface area contributed by atoms with E-state index in [9.17, 15) is 9.59 Å². The van der Waals surface area contributed by atoms with Crippen molar-refractivity contribution in [3.63, 3.8) is 0 Å². The first-order chi connectivity index (χ1) is 6.61. The molecule has 0 aliphatic carbocycles. The second-order valence-corrected chi connectivity index (χ2v) is 3.87. The number of hydrogen-bond acceptors (Lipinski definition) is 4. The Morgan fingerprint density at radius 2 is 2.07 bits per heavy atom. The van der Waals surface area contributed by atoms with E-state index in [-0.39, 0.29) is 17.1 Å². The van der Waals surface area contributed by atoms with Crippen molar-refractivity contribution in [2.75, 3.05) is 12.8 Å². The summed E-state index contributed by atoms with van der Waals surface area (Å²) in [6, 6.07) is -0.353. The molecule has 0 aromatic heterocycles. The highest BCUT2D eigenvalue weighted by Gasteiger charge is 2.17. The Balaban J connectivity index is 3.97. The average Bonchev–Trinajstić information content (AvgIpc) is 2.15. The third-order valence-corrected chi connectivity index (χ3v) is 2.50. The summed E-state index contributed by atoms with van der Waals surface area (Å²) in [7, 11) is 0. The van der Waals surface area contributed by atoms with Gasteiger partial charge in [-0.3, -0.25) is 9.59 Å². The molecule has 0 aliphatic heterocycles. The molecule has 0 spiro atoms. The molecule has 0 fully saturated rings. The van der Waals surface area contributed by atoms with E-state index in [1.165, 1.54) is 6.92 Å². The summed E-state index contributed by atoms with van der Waals surface area (Å²) in [5.74, 6) is -0.162. The quantitative estimate of drug-likeness (QED) is 0.637. The maximum atomic E-state index is 11.4. The zero-order valence-electron chi connectivity index (χ0n) is 8.71. The molecule has 0 bridgehead atoms. The molecule has 1 unspecified atom stereocenters. The van der Waals surface area contributed by atoms with Crippen LogP contribution in [-0.4, -0.2) is 29.9 Å². The second kappa shape index (κ2) is 7.82. The maximum absolute atomic E-state index is 11.4. The number of thioether (sulfide) groups is 1. The minimum Gasteiger partial charge on any atom is -0.346 e. The van der Waals surface area contributed by atoms with Crippen molar-refractivity contribution >= 4 is 22.8 Å². The lowest BCUT2D eigenvalue weighted by molar-refractivity contribution is -0.123. The highest BCUT2D eigenvalue weighted by Crippen LogP contribution is 2.08. The van der Waals surface area contributed by atoms with Crippen molar-refractivity contribution in [1.29, 1.82) is 0 Å². The minimum absolute atomic E-state index is 0.0113. The standard InChI is InChI=1S/C9H18N2O2S/c1-7(12)11-8(9(13)14-2)5-3-4-6-10/h8H,3-6,10H2,1-2H3,(H,11,12). The number of amides is 1. The molecule has 0 aliphatic rings. The summed E-state index contributed by atoms with van der Waals surface area (Å²) in [4.78, 5) is 22.2. The van der Waals surface area contributed by atoms with Crippen molar-refractivity contribution in [3.8, 4) is 0 Å². The van der Waals surface area contributed by atoms with Gasteiger partial charge in [-0.15, -0.1) is 0 Å². The average molecular weight is 218 g/mol. The Labute approximate surface area is 89.0 Å². The lowest BCUT2D eigenvalue weighted by Gasteiger charge is -2.14. The molecular formula is C9H18N2O2S. The summed E-state index contributed by atoms with van der Waals surface area (Å²) in [5.41, 5.74) is 5.35. The molecule has 0 saturated carbocycles. The van der Waals surface area contributed by atoms with Gasteiger partial charge in [0.05, 0.1) is 6.04 Å². The number of carbonyl (C=O) groups is 2. The first-order valence-corrected chi connectivity index (χ1v) is 5.89. The summed E-state index contributed by atoms with van der Waals surface area (Å²) in [5, 5.41) is 2.65. The Kier molecular flexibility index (Phi) is 7.51. The van der Waals surface area contributed by atoms with Crippen LogP contribution >= 0.6 is 11.8 Å². The molecule has 0 heterocycles. The molecule has 0 radical (unpaired) electrons. The number of nitrogens with one attached hydrogen (secondary N) is 1. The normalized spacial score (nSPS) is 12.2. The summed E-state index contributed by atoms with van der Waals surface area (Å²) in [6.07, 6.45) is 4.15. The van der Waals surface area contributed by atoms with E-state index in [1.54, 1.807) is 6.26 Å². The van der Waals surface area contributed by atoms with E-state index in [0.717, 1.165) is 24.6 Å². The third kappa shape index (κ3) is 5.99. The first kappa shape index (κ1) is 13.4. The highest BCUT2D eigenvalue weighted by molar-refractivity contribution is 8.13. The molecule has 0 rings (SSSR count). The number of rotatable bonds is 6. The Morgan fingerprint density at radius 1 is 1.43 bits per heavy atom. The van der Waals surface area contributed by atoms with Crippen molar-refractivity contribution in [3.05, 3.63) is 0 Å². The molecule has 14 heavy (non-hydrogen) atoms. The van der Waals surface area contributed by atoms with Gasteiger partial charge in [0.25, 0.3) is 0 Å². The number of nitrogens with two attached hydrogens (primary N) is 1. The maximum Gasteiger partial charge on any atom is 0.217 e. The Hall–Kier alpha value is -0.550. The van der Waals surface area contributed by atoms with Gasteiger partial charge in [-0.25, -0.2) is 0 Å². The van der Waals surface area contributed by atoms with E-state index in [2.05, 4.69) is 5.32 Å². The summed E-state index contributed by atoms with van der Waals surface area (Å²) < 4.78 is 0. The van der Waals surface area contributed by atoms with Crippen LogP contribution in [0.3, 0.4) is 0 Å². The molecular weight excluding hydrogens is 200 g/mol. The monoisotopic (exact) mass is 218 g/mol. The van der Waals surface area contributed by atoms with Crippen molar-refractivity contribution < 1.29 is 9.59 Å². The molecule has 0 aromatic carbocycles. The number of unbranched alkanes of at least 4 members (excludes halogenated alkanes) is 1. The van der Waals surface area contributed by atoms with Gasteiger partial charge in [-0.1, -0.05) is 11.8 Å². The van der Waals surface area contributed by atoms with E-state index in [0.29, 0.717) is 13.0 Å². The van der Waals surface area contributed by atoms with Gasteiger partial charge in [0.1, 0.15) is 0 Å². The van der Waals surface area contributed by atoms with Crippen molar-refractivity contribution in [1.82, 2.24) is 5.32 Å². The molecule has 0 saturated heterocycles. The smallest absolute Gasteiger partial charge is 0.217 e. The first-order valence-electron chi connectivity index (χ1n) is 4.66. The van der Waals surface area contributed by atoms with Gasteiger partial charge in [-0.2, -0.15) is 0 Å². The summed E-state index contributed by atoms with van der Waals surface area (Å²) in [6.45, 7) is 2.05. The van der Waals surface area contributed by atoms with Crippen LogP contribution in [0.4, 0.5) is 0 Å². The van der Waals surface area contributed by atoms with Crippen molar-refractivity contribution in [2.24, 2.45) is 5.73 Å². The Bertz CT molecular complexity index is 197. The predicted molar refractivity (Wildman–Crippen MR) is 59.0 cm³/mol. The SMILES string of the molecule is CSC(=O)C(CCCCN)NC(C)=O. The lowest BCUT2D eigenvalue weighted by atomic mass is 10.1. The van der Waals surface area contributed by atoms with Gasteiger partial charge in [0.15, 0.2) is 0 Å². The van der Waals surface area contributed by atoms with Gasteiger partial charge < -0.3 is 11.1 Å². The number of carbonyl (C=O) groups excluding carboxylic acids is 2. The van der Waals surface area contributed by atoms with Crippen LogP contribution in [0.5, 0.6) is 0 Å². The van der Waals surface area contributed by atoms with Crippen LogP contribution in [0.2, 0.25) is 0 Å². The van der Waals surface area contributed by atoms with E-state index in [4.69, 9.17) is 5.73 Å². The molecule has 0 aromatic rings. The number of hydrogen-bond donors (Lipinski definition) is 2. The van der Waals surface area contributed by atoms with E-state index in [1.807, 2.05) is 0 Å². The van der Waals surface area contributed by atoms with Crippen LogP contribution in [0.1, 0.15) is 26.2 Å². The zero-order valence-corrected chi connectivity index (χ0v) is 9.52. The minimum atomic E-state index is -0.353. The van der Waals surface area contributed by atoms with Gasteiger partial charge in [0, 0.05) is 6.92 Å². The molecule has 1 amide bonds. The summed E-state index contributed by atoms with van der Waals surface area (Å²) >= 11 is 1.15. The predicted octanol–water partition coefficient (Wildman–Crippen LogP) is 0.510. The highest BCUT2D eigenvalue weighted by atomic mass is 32.2. The van der Waals surface area contributed by atoms with Gasteiger partial charge in [-0.05, 0) is 32.1 Å². The molecule has 4 nitrogen and oxygen atoms in total. The fraction of sp³-hybridized carbons (Fsp3) is 0.778. The van der Waals surface area contributed by atoms with Gasteiger partial charge in [0.2, 0.25) is 11.0 Å². The van der Waals surface area contributed by atoms with Crippen LogP contribution in [0, 0.1) is 0 Å². The molecule has 5 heteroatoms. The molecule has 82 valence electrons. The van der Waals surface area contributed by atoms with Crippen LogP contribution < -0.4 is 11.1 Å². The van der Waals surface area contributed by atoms with E-state index < -0.39 is 0 Å². The van der Waals surface area contributed by atoms with Crippen LogP contribution in [0.15, 0.2) is 0 Å². The lowest BCUT2D eigenvalue weighted by Crippen LogP contribution is -2.38. The Morgan fingerprint density at radius 3 is 2.50 bits per heavy atom. The molecule has 3 N–H and O–H groups in total. The fourth-order valence-corrected chi connectivity index (χ4v) is 1.59. The van der Waals surface area contributed by atoms with Gasteiger partial charge >= 0.3 is 0 Å². The van der Waals surface area contributed by atoms with Crippen LogP contribution in [0.25, 0.3) is 0 Å². The van der Waals surface area contributed by atoms with E-state index >= 15 is 0 Å². The molecule has 1 atom stereocenters. The third-order valence-electron chi connectivity index (χ3n) is 1.81. The second-order valence-electron chi connectivity index (χ2n) is 3.06. The van der Waals surface area contributed by atoms with Crippen LogP contribution in [-0.2, 0) is 9.59 Å².